The Balaban J connectivity index is 1.94. The molecule has 0 bridgehead atoms. The highest BCUT2D eigenvalue weighted by Crippen LogP contribution is 2.25. The molecule has 2 rings (SSSR count). The first-order chi connectivity index (χ1) is 8.33. The van der Waals surface area contributed by atoms with Crippen molar-refractivity contribution in [2.45, 2.75) is 44.6 Å². The number of nitrogens with zero attached hydrogens (tertiary/aromatic N) is 1. The minimum atomic E-state index is 0.0969. The molecule has 0 saturated carbocycles. The molecule has 2 aliphatic rings. The molecule has 0 N–H and O–H groups in total. The van der Waals surface area contributed by atoms with Crippen LogP contribution in [0.3, 0.4) is 0 Å². The molecule has 2 unspecified atom stereocenters. The fraction of sp³-hybridized carbons (Fsp3) is 0.923. The largest absolute Gasteiger partial charge is 0.381 e. The summed E-state index contributed by atoms with van der Waals surface area (Å²) in [7, 11) is 0. The number of amides is 1. The Morgan fingerprint density at radius 2 is 2.18 bits per heavy atom. The fourth-order valence-electron chi connectivity index (χ4n) is 2.89. The van der Waals surface area contributed by atoms with Gasteiger partial charge in [0.25, 0.3) is 0 Å². The molecule has 3 nitrogen and oxygen atoms in total. The molecule has 2 atom stereocenters. The van der Waals surface area contributed by atoms with Crippen LogP contribution in [-0.4, -0.2) is 42.5 Å². The highest BCUT2D eigenvalue weighted by Gasteiger charge is 2.32. The third-order valence-electron chi connectivity index (χ3n) is 3.86. The van der Waals surface area contributed by atoms with Gasteiger partial charge in [0.15, 0.2) is 0 Å². The number of carbonyl (C=O) groups is 1. The molecular formula is C13H22ClNO2. The van der Waals surface area contributed by atoms with E-state index < -0.39 is 0 Å². The van der Waals surface area contributed by atoms with Crippen LogP contribution < -0.4 is 0 Å². The summed E-state index contributed by atoms with van der Waals surface area (Å²) < 4.78 is 5.42. The number of piperidine rings is 1. The Labute approximate surface area is 108 Å². The van der Waals surface area contributed by atoms with Crippen LogP contribution in [0.4, 0.5) is 0 Å². The molecule has 4 heteroatoms. The van der Waals surface area contributed by atoms with E-state index in [9.17, 15) is 4.79 Å². The van der Waals surface area contributed by atoms with Crippen LogP contribution in [0, 0.1) is 5.92 Å². The summed E-state index contributed by atoms with van der Waals surface area (Å²) in [5, 5.41) is 0. The molecule has 2 aliphatic heterocycles. The highest BCUT2D eigenvalue weighted by molar-refractivity contribution is 6.17. The Kier molecular flexibility index (Phi) is 5.11. The summed E-state index contributed by atoms with van der Waals surface area (Å²) in [5.41, 5.74) is 0. The molecule has 0 aliphatic carbocycles. The lowest BCUT2D eigenvalue weighted by Crippen LogP contribution is -2.48. The molecule has 0 aromatic rings. The molecule has 2 heterocycles. The Hall–Kier alpha value is -0.280. The van der Waals surface area contributed by atoms with E-state index in [1.165, 1.54) is 6.42 Å². The van der Waals surface area contributed by atoms with E-state index in [4.69, 9.17) is 16.3 Å². The monoisotopic (exact) mass is 259 g/mol. The Morgan fingerprint density at radius 3 is 2.88 bits per heavy atom. The van der Waals surface area contributed by atoms with E-state index in [1.54, 1.807) is 0 Å². The zero-order valence-corrected chi connectivity index (χ0v) is 11.1. The van der Waals surface area contributed by atoms with Crippen molar-refractivity contribution < 1.29 is 9.53 Å². The molecule has 2 fully saturated rings. The lowest BCUT2D eigenvalue weighted by atomic mass is 9.95. The normalized spacial score (nSPS) is 30.3. The van der Waals surface area contributed by atoms with Gasteiger partial charge >= 0.3 is 0 Å². The van der Waals surface area contributed by atoms with Gasteiger partial charge < -0.3 is 9.64 Å². The summed E-state index contributed by atoms with van der Waals surface area (Å²) in [6.07, 6.45) is 6.42. The van der Waals surface area contributed by atoms with Crippen molar-refractivity contribution >= 4 is 17.5 Å². The van der Waals surface area contributed by atoms with E-state index in [0.717, 1.165) is 45.3 Å². The number of hydrogen-bond acceptors (Lipinski definition) is 2. The third kappa shape index (κ3) is 3.35. The molecule has 0 aromatic carbocycles. The molecule has 0 spiro atoms. The van der Waals surface area contributed by atoms with Gasteiger partial charge in [-0.3, -0.25) is 4.79 Å². The summed E-state index contributed by atoms with van der Waals surface area (Å²) in [5.74, 6) is 1.05. The molecule has 2 saturated heterocycles. The van der Waals surface area contributed by atoms with Crippen molar-refractivity contribution in [3.8, 4) is 0 Å². The van der Waals surface area contributed by atoms with Crippen molar-refractivity contribution in [2.24, 2.45) is 5.92 Å². The van der Waals surface area contributed by atoms with Gasteiger partial charge in [-0.1, -0.05) is 0 Å². The summed E-state index contributed by atoms with van der Waals surface area (Å²) in [6.45, 7) is 2.34. The van der Waals surface area contributed by atoms with Gasteiger partial charge in [0.1, 0.15) is 0 Å². The van der Waals surface area contributed by atoms with Crippen molar-refractivity contribution in [1.82, 2.24) is 4.90 Å². The van der Waals surface area contributed by atoms with Crippen LogP contribution in [0.5, 0.6) is 0 Å². The predicted molar refractivity (Wildman–Crippen MR) is 68.2 cm³/mol. The number of rotatable bonds is 3. The lowest BCUT2D eigenvalue weighted by Gasteiger charge is -2.38. The standard InChI is InChI=1S/C13H22ClNO2/c14-7-6-12-5-1-2-8-15(12)13(16)11-4-3-9-17-10-11/h11-12H,1-10H2. The maximum Gasteiger partial charge on any atom is 0.228 e. The van der Waals surface area contributed by atoms with Gasteiger partial charge in [-0.15, -0.1) is 11.6 Å². The first kappa shape index (κ1) is 13.2. The smallest absolute Gasteiger partial charge is 0.228 e. The van der Waals surface area contributed by atoms with Crippen molar-refractivity contribution in [3.63, 3.8) is 0 Å². The molecule has 1 amide bonds. The first-order valence-electron chi connectivity index (χ1n) is 6.77. The van der Waals surface area contributed by atoms with Crippen molar-refractivity contribution in [3.05, 3.63) is 0 Å². The van der Waals surface area contributed by atoms with Crippen molar-refractivity contribution in [2.75, 3.05) is 25.6 Å². The average Bonchev–Trinajstić information content (AvgIpc) is 2.40. The van der Waals surface area contributed by atoms with Gasteiger partial charge in [-0.2, -0.15) is 0 Å². The van der Waals surface area contributed by atoms with Crippen molar-refractivity contribution in [1.29, 1.82) is 0 Å². The van der Waals surface area contributed by atoms with Crippen LogP contribution in [0.25, 0.3) is 0 Å². The minimum Gasteiger partial charge on any atom is -0.381 e. The second kappa shape index (κ2) is 6.60. The fourth-order valence-corrected chi connectivity index (χ4v) is 3.14. The number of carbonyl (C=O) groups excluding carboxylic acids is 1. The lowest BCUT2D eigenvalue weighted by molar-refractivity contribution is -0.143. The topological polar surface area (TPSA) is 29.5 Å². The number of ether oxygens (including phenoxy) is 1. The van der Waals surface area contributed by atoms with E-state index in [-0.39, 0.29) is 5.92 Å². The van der Waals surface area contributed by atoms with Crippen LogP contribution in [0.2, 0.25) is 0 Å². The summed E-state index contributed by atoms with van der Waals surface area (Å²) >= 11 is 5.83. The maximum absolute atomic E-state index is 12.4. The van der Waals surface area contributed by atoms with Crippen LogP contribution >= 0.6 is 11.6 Å². The third-order valence-corrected chi connectivity index (χ3v) is 4.08. The maximum atomic E-state index is 12.4. The molecular weight excluding hydrogens is 238 g/mol. The molecule has 0 radical (unpaired) electrons. The summed E-state index contributed by atoms with van der Waals surface area (Å²) in [6, 6.07) is 0.371. The molecule has 17 heavy (non-hydrogen) atoms. The minimum absolute atomic E-state index is 0.0969. The van der Waals surface area contributed by atoms with Crippen LogP contribution in [-0.2, 0) is 9.53 Å². The van der Waals surface area contributed by atoms with Crippen LogP contribution in [0.15, 0.2) is 0 Å². The van der Waals surface area contributed by atoms with Crippen LogP contribution in [0.1, 0.15) is 38.5 Å². The highest BCUT2D eigenvalue weighted by atomic mass is 35.5. The van der Waals surface area contributed by atoms with Gasteiger partial charge in [0, 0.05) is 25.1 Å². The zero-order valence-electron chi connectivity index (χ0n) is 10.4. The van der Waals surface area contributed by atoms with Gasteiger partial charge in [-0.05, 0) is 38.5 Å². The first-order valence-corrected chi connectivity index (χ1v) is 7.30. The quantitative estimate of drug-likeness (QED) is 0.729. The van der Waals surface area contributed by atoms with Gasteiger partial charge in [-0.25, -0.2) is 0 Å². The number of hydrogen-bond donors (Lipinski definition) is 0. The Morgan fingerprint density at radius 1 is 1.29 bits per heavy atom. The number of halogens is 1. The second-order valence-electron chi connectivity index (χ2n) is 5.07. The summed E-state index contributed by atoms with van der Waals surface area (Å²) in [4.78, 5) is 14.5. The molecule has 98 valence electrons. The van der Waals surface area contributed by atoms with E-state index in [2.05, 4.69) is 4.90 Å². The van der Waals surface area contributed by atoms with E-state index in [1.807, 2.05) is 0 Å². The Bertz CT molecular complexity index is 252. The predicted octanol–water partition coefficient (Wildman–Crippen LogP) is 2.42. The zero-order chi connectivity index (χ0) is 12.1. The van der Waals surface area contributed by atoms with E-state index >= 15 is 0 Å². The van der Waals surface area contributed by atoms with E-state index in [0.29, 0.717) is 24.4 Å². The number of likely N-dealkylation sites (tertiary alicyclic amines) is 1. The SMILES string of the molecule is O=C(C1CCCOC1)N1CCCCC1CCCl. The number of alkyl halides is 1. The second-order valence-corrected chi connectivity index (χ2v) is 5.45. The molecule has 0 aromatic heterocycles. The average molecular weight is 260 g/mol. The van der Waals surface area contributed by atoms with Gasteiger partial charge in [0.2, 0.25) is 5.91 Å². The van der Waals surface area contributed by atoms with Gasteiger partial charge in [0.05, 0.1) is 12.5 Å².